The molecule has 0 aromatic heterocycles. The van der Waals surface area contributed by atoms with Crippen LogP contribution in [0.25, 0.3) is 0 Å². The molecule has 1 saturated heterocycles. The second-order valence-electron chi connectivity index (χ2n) is 3.29. The van der Waals surface area contributed by atoms with Crippen LogP contribution in [-0.4, -0.2) is 21.9 Å². The number of hydrogen-bond donors (Lipinski definition) is 1. The zero-order valence-electron chi connectivity index (χ0n) is 7.90. The van der Waals surface area contributed by atoms with Crippen molar-refractivity contribution in [1.82, 2.24) is 5.32 Å². The van der Waals surface area contributed by atoms with Gasteiger partial charge < -0.3 is 5.32 Å². The third-order valence-corrected chi connectivity index (χ3v) is 2.62. The molecule has 0 radical (unpaired) electrons. The second kappa shape index (κ2) is 8.02. The van der Waals surface area contributed by atoms with E-state index in [0.29, 0.717) is 0 Å². The topological polar surface area (TPSA) is 12.0 Å². The molecule has 0 aliphatic carbocycles. The summed E-state index contributed by atoms with van der Waals surface area (Å²) in [4.78, 5) is 0. The highest BCUT2D eigenvalue weighted by Crippen LogP contribution is 1.96. The molecule has 1 N–H and O–H groups in total. The van der Waals surface area contributed by atoms with Crippen LogP contribution in [0.15, 0.2) is 12.3 Å². The third kappa shape index (κ3) is 9.92. The van der Waals surface area contributed by atoms with E-state index in [2.05, 4.69) is 30.7 Å². The molecule has 0 unspecified atom stereocenters. The average Bonchev–Trinajstić information content (AvgIpc) is 2.09. The maximum atomic E-state index is 3.62. The summed E-state index contributed by atoms with van der Waals surface area (Å²) >= 11 is 0. The van der Waals surface area contributed by atoms with E-state index >= 15 is 0 Å². The normalized spacial score (nSPS) is 17.0. The van der Waals surface area contributed by atoms with E-state index in [4.69, 9.17) is 0 Å². The summed E-state index contributed by atoms with van der Waals surface area (Å²) in [5.74, 6) is 0. The maximum absolute atomic E-state index is 3.62. The lowest BCUT2D eigenvalue weighted by Crippen LogP contribution is -2.21. The van der Waals surface area contributed by atoms with Gasteiger partial charge in [0.25, 0.3) is 0 Å². The minimum absolute atomic E-state index is 0.386. The molecule has 0 bridgehead atoms. The van der Waals surface area contributed by atoms with Gasteiger partial charge in [0.1, 0.15) is 0 Å². The lowest BCUT2D eigenvalue weighted by molar-refractivity contribution is 0.520. The fourth-order valence-electron chi connectivity index (χ4n) is 0.802. The Labute approximate surface area is 72.5 Å². The standard InChI is InChI=1S/C5H11N.C4H10Si/c1-2-4-6-5-3-1;1-4-5(2)3/h6H,1-5H2;4-5H,1H2,2-3H3. The fraction of sp³-hybridized carbons (Fsp3) is 0.778. The van der Waals surface area contributed by atoms with Gasteiger partial charge in [0.15, 0.2) is 0 Å². The average molecular weight is 171 g/mol. The smallest absolute Gasteiger partial charge is 0.0546 e. The Kier molecular flexibility index (Phi) is 7.96. The molecule has 11 heavy (non-hydrogen) atoms. The molecule has 2 heteroatoms. The Morgan fingerprint density at radius 1 is 1.18 bits per heavy atom. The largest absolute Gasteiger partial charge is 0.317 e. The van der Waals surface area contributed by atoms with Crippen molar-refractivity contribution in [2.75, 3.05) is 13.1 Å². The molecule has 1 rings (SSSR count). The lowest BCUT2D eigenvalue weighted by atomic mass is 10.2. The number of nitrogens with one attached hydrogen (secondary N) is 1. The SMILES string of the molecule is C1CCNCC1.C=C[SiH](C)C. The monoisotopic (exact) mass is 171 g/mol. The zero-order valence-corrected chi connectivity index (χ0v) is 9.05. The Morgan fingerprint density at radius 3 is 1.73 bits per heavy atom. The van der Waals surface area contributed by atoms with E-state index in [1.165, 1.54) is 32.4 Å². The van der Waals surface area contributed by atoms with Gasteiger partial charge in [0.05, 0.1) is 8.80 Å². The molecular weight excluding hydrogens is 150 g/mol. The molecule has 1 nitrogen and oxygen atoms in total. The zero-order chi connectivity index (χ0) is 8.53. The van der Waals surface area contributed by atoms with Crippen molar-refractivity contribution in [2.24, 2.45) is 0 Å². The van der Waals surface area contributed by atoms with E-state index in [9.17, 15) is 0 Å². The van der Waals surface area contributed by atoms with Crippen LogP contribution in [0.5, 0.6) is 0 Å². The molecule has 1 aliphatic heterocycles. The van der Waals surface area contributed by atoms with Crippen LogP contribution in [0.1, 0.15) is 19.3 Å². The number of piperidine rings is 1. The summed E-state index contributed by atoms with van der Waals surface area (Å²) < 4.78 is 0. The van der Waals surface area contributed by atoms with Gasteiger partial charge in [0, 0.05) is 0 Å². The molecule has 1 heterocycles. The predicted octanol–water partition coefficient (Wildman–Crippen LogP) is 1.96. The molecule has 0 spiro atoms. The number of hydrogen-bond acceptors (Lipinski definition) is 1. The summed E-state index contributed by atoms with van der Waals surface area (Å²) in [6, 6.07) is 0. The maximum Gasteiger partial charge on any atom is 0.0546 e. The summed E-state index contributed by atoms with van der Waals surface area (Å²) in [6.45, 7) is 10.6. The molecule has 66 valence electrons. The molecule has 0 atom stereocenters. The number of rotatable bonds is 1. The van der Waals surface area contributed by atoms with Crippen LogP contribution in [-0.2, 0) is 0 Å². The van der Waals surface area contributed by atoms with E-state index in [1.807, 2.05) is 0 Å². The Hall–Kier alpha value is -0.0831. The van der Waals surface area contributed by atoms with E-state index in [0.717, 1.165) is 0 Å². The molecule has 0 saturated carbocycles. The first-order valence-corrected chi connectivity index (χ1v) is 7.58. The Morgan fingerprint density at radius 2 is 1.64 bits per heavy atom. The third-order valence-electron chi connectivity index (χ3n) is 1.68. The summed E-state index contributed by atoms with van der Waals surface area (Å²) in [5, 5.41) is 3.28. The van der Waals surface area contributed by atoms with Gasteiger partial charge in [0.2, 0.25) is 0 Å². The highest BCUT2D eigenvalue weighted by molar-refractivity contribution is 6.61. The molecule has 1 fully saturated rings. The van der Waals surface area contributed by atoms with Crippen molar-refractivity contribution >= 4 is 8.80 Å². The predicted molar refractivity (Wildman–Crippen MR) is 55.8 cm³/mol. The lowest BCUT2D eigenvalue weighted by Gasteiger charge is -2.08. The highest BCUT2D eigenvalue weighted by atomic mass is 28.3. The van der Waals surface area contributed by atoms with Gasteiger partial charge in [-0.3, -0.25) is 0 Å². The molecule has 0 amide bonds. The van der Waals surface area contributed by atoms with Gasteiger partial charge in [-0.05, 0) is 25.9 Å². The first kappa shape index (κ1) is 10.9. The molecule has 0 aromatic carbocycles. The highest BCUT2D eigenvalue weighted by Gasteiger charge is 1.93. The molecule has 0 aromatic rings. The van der Waals surface area contributed by atoms with Crippen LogP contribution in [0, 0.1) is 0 Å². The van der Waals surface area contributed by atoms with Crippen LogP contribution in [0.3, 0.4) is 0 Å². The summed E-state index contributed by atoms with van der Waals surface area (Å²) in [5.41, 5.74) is 2.06. The van der Waals surface area contributed by atoms with Crippen molar-refractivity contribution in [1.29, 1.82) is 0 Å². The summed E-state index contributed by atoms with van der Waals surface area (Å²) in [7, 11) is -0.386. The van der Waals surface area contributed by atoms with Crippen LogP contribution in [0.2, 0.25) is 13.1 Å². The van der Waals surface area contributed by atoms with Crippen LogP contribution >= 0.6 is 0 Å². The quantitative estimate of drug-likeness (QED) is 0.595. The Balaban J connectivity index is 0.000000187. The molecular formula is C9H21NSi. The van der Waals surface area contributed by atoms with Crippen molar-refractivity contribution in [3.8, 4) is 0 Å². The fourth-order valence-corrected chi connectivity index (χ4v) is 0.802. The van der Waals surface area contributed by atoms with Crippen molar-refractivity contribution in [3.63, 3.8) is 0 Å². The van der Waals surface area contributed by atoms with Crippen LogP contribution in [0.4, 0.5) is 0 Å². The van der Waals surface area contributed by atoms with Gasteiger partial charge in [-0.15, -0.1) is 12.3 Å². The Bertz CT molecular complexity index is 76.1. The first-order chi connectivity index (χ1) is 5.27. The van der Waals surface area contributed by atoms with Gasteiger partial charge in [-0.2, -0.15) is 0 Å². The summed E-state index contributed by atoms with van der Waals surface area (Å²) in [6.07, 6.45) is 4.22. The van der Waals surface area contributed by atoms with Gasteiger partial charge in [-0.1, -0.05) is 19.5 Å². The van der Waals surface area contributed by atoms with E-state index in [1.54, 1.807) is 0 Å². The first-order valence-electron chi connectivity index (χ1n) is 4.60. The molecule has 1 aliphatic rings. The van der Waals surface area contributed by atoms with Gasteiger partial charge >= 0.3 is 0 Å². The van der Waals surface area contributed by atoms with Crippen molar-refractivity contribution in [2.45, 2.75) is 32.4 Å². The van der Waals surface area contributed by atoms with Crippen molar-refractivity contribution < 1.29 is 0 Å². The van der Waals surface area contributed by atoms with Crippen molar-refractivity contribution in [3.05, 3.63) is 12.3 Å². The van der Waals surface area contributed by atoms with E-state index in [-0.39, 0.29) is 8.80 Å². The minimum Gasteiger partial charge on any atom is -0.317 e. The van der Waals surface area contributed by atoms with Gasteiger partial charge in [-0.25, -0.2) is 0 Å². The van der Waals surface area contributed by atoms with E-state index < -0.39 is 0 Å². The minimum atomic E-state index is -0.386. The van der Waals surface area contributed by atoms with Crippen LogP contribution < -0.4 is 5.32 Å². The second-order valence-corrected chi connectivity index (χ2v) is 6.25.